The average Bonchev–Trinajstić information content (AvgIpc) is 2.77. The fraction of sp³-hybridized carbons (Fsp3) is 0.280. The van der Waals surface area contributed by atoms with Crippen LogP contribution in [-0.4, -0.2) is 21.9 Å². The highest BCUT2D eigenvalue weighted by atomic mass is 127. The van der Waals surface area contributed by atoms with Crippen LogP contribution in [0.3, 0.4) is 0 Å². The predicted molar refractivity (Wildman–Crippen MR) is 122 cm³/mol. The maximum Gasteiger partial charge on any atom is 0.0975 e. The van der Waals surface area contributed by atoms with E-state index in [-0.39, 0.29) is 5.54 Å². The van der Waals surface area contributed by atoms with Gasteiger partial charge in [0.1, 0.15) is 0 Å². The van der Waals surface area contributed by atoms with Gasteiger partial charge in [-0.1, -0.05) is 120 Å². The maximum atomic E-state index is 2.78. The Morgan fingerprint density at radius 3 is 1.56 bits per heavy atom. The van der Waals surface area contributed by atoms with E-state index in [1.807, 2.05) is 0 Å². The van der Waals surface area contributed by atoms with E-state index in [0.29, 0.717) is 6.04 Å². The highest BCUT2D eigenvalue weighted by Crippen LogP contribution is 2.45. The summed E-state index contributed by atoms with van der Waals surface area (Å²) < 4.78 is 1.16. The minimum Gasteiger partial charge on any atom is -0.282 e. The molecular weight excluding hydrogens is 441 g/mol. The van der Waals surface area contributed by atoms with E-state index in [0.717, 1.165) is 11.0 Å². The topological polar surface area (TPSA) is 3.24 Å². The maximum absolute atomic E-state index is 2.78. The van der Waals surface area contributed by atoms with Crippen LogP contribution in [0.4, 0.5) is 0 Å². The van der Waals surface area contributed by atoms with Gasteiger partial charge >= 0.3 is 0 Å². The standard InChI is InChI=1S/C25H26IN/c26-20-24-18-10-11-19-27(24)25(21-12-4-1-5-13-21,22-14-6-2-7-15-22)23-16-8-3-9-17-23/h1-9,12-17,24H,10-11,18-20H2/t24-/m1/s1. The Balaban J connectivity index is 2.03. The highest BCUT2D eigenvalue weighted by Gasteiger charge is 2.45. The first-order valence-corrected chi connectivity index (χ1v) is 11.4. The first kappa shape index (κ1) is 18.7. The van der Waals surface area contributed by atoms with Crippen molar-refractivity contribution in [2.45, 2.75) is 30.8 Å². The van der Waals surface area contributed by atoms with Gasteiger partial charge in [0.15, 0.2) is 0 Å². The quantitative estimate of drug-likeness (QED) is 0.243. The largest absolute Gasteiger partial charge is 0.282 e. The summed E-state index contributed by atoms with van der Waals surface area (Å²) in [6.07, 6.45) is 3.87. The third-order valence-electron chi connectivity index (χ3n) is 5.81. The molecule has 3 aromatic carbocycles. The summed E-state index contributed by atoms with van der Waals surface area (Å²) in [5, 5.41) is 0. The Labute approximate surface area is 176 Å². The molecule has 0 unspecified atom stereocenters. The molecule has 0 N–H and O–H groups in total. The lowest BCUT2D eigenvalue weighted by Gasteiger charge is -2.51. The molecule has 138 valence electrons. The summed E-state index contributed by atoms with van der Waals surface area (Å²) in [5.41, 5.74) is 3.83. The van der Waals surface area contributed by atoms with E-state index in [1.165, 1.54) is 36.0 Å². The molecule has 1 aliphatic rings. The summed E-state index contributed by atoms with van der Waals surface area (Å²) >= 11 is 2.58. The number of piperidine rings is 1. The summed E-state index contributed by atoms with van der Waals surface area (Å²) in [5.74, 6) is 0. The van der Waals surface area contributed by atoms with E-state index >= 15 is 0 Å². The van der Waals surface area contributed by atoms with Gasteiger partial charge in [-0.15, -0.1) is 0 Å². The van der Waals surface area contributed by atoms with E-state index in [4.69, 9.17) is 0 Å². The van der Waals surface area contributed by atoms with Gasteiger partial charge in [-0.2, -0.15) is 0 Å². The van der Waals surface area contributed by atoms with Gasteiger partial charge in [0.25, 0.3) is 0 Å². The van der Waals surface area contributed by atoms with Gasteiger partial charge < -0.3 is 0 Å². The molecule has 27 heavy (non-hydrogen) atoms. The van der Waals surface area contributed by atoms with Gasteiger partial charge in [0, 0.05) is 10.5 Å². The summed E-state index contributed by atoms with van der Waals surface area (Å²) in [6, 6.07) is 33.9. The third kappa shape index (κ3) is 3.45. The third-order valence-corrected chi connectivity index (χ3v) is 6.83. The molecule has 1 atom stereocenters. The predicted octanol–water partition coefficient (Wildman–Crippen LogP) is 6.27. The molecule has 1 nitrogen and oxygen atoms in total. The van der Waals surface area contributed by atoms with Crippen LogP contribution in [0.1, 0.15) is 36.0 Å². The number of alkyl halides is 1. The molecule has 0 spiro atoms. The molecule has 1 saturated heterocycles. The van der Waals surface area contributed by atoms with Gasteiger partial charge in [-0.05, 0) is 36.1 Å². The molecule has 0 amide bonds. The fourth-order valence-electron chi connectivity index (χ4n) is 4.64. The smallest absolute Gasteiger partial charge is 0.0975 e. The molecule has 0 aromatic heterocycles. The molecule has 2 heteroatoms. The second-order valence-electron chi connectivity index (χ2n) is 7.31. The molecule has 0 saturated carbocycles. The van der Waals surface area contributed by atoms with E-state index in [9.17, 15) is 0 Å². The molecule has 4 rings (SSSR count). The van der Waals surface area contributed by atoms with Gasteiger partial charge in [0.05, 0.1) is 5.54 Å². The number of hydrogen-bond acceptors (Lipinski definition) is 1. The van der Waals surface area contributed by atoms with Crippen LogP contribution in [0.2, 0.25) is 0 Å². The van der Waals surface area contributed by atoms with Gasteiger partial charge in [0.2, 0.25) is 0 Å². The zero-order chi connectivity index (χ0) is 18.5. The molecule has 1 aliphatic heterocycles. The van der Waals surface area contributed by atoms with E-state index in [1.54, 1.807) is 0 Å². The zero-order valence-corrected chi connectivity index (χ0v) is 17.8. The van der Waals surface area contributed by atoms with E-state index in [2.05, 4.69) is 118 Å². The molecule has 0 aliphatic carbocycles. The molecule has 1 fully saturated rings. The second kappa shape index (κ2) is 8.57. The molecule has 0 radical (unpaired) electrons. The molecule has 3 aromatic rings. The van der Waals surface area contributed by atoms with E-state index < -0.39 is 0 Å². The number of nitrogens with zero attached hydrogens (tertiary/aromatic N) is 1. The minimum atomic E-state index is -0.250. The highest BCUT2D eigenvalue weighted by molar-refractivity contribution is 14.1. The van der Waals surface area contributed by atoms with Crippen LogP contribution in [0, 0.1) is 0 Å². The van der Waals surface area contributed by atoms with Crippen molar-refractivity contribution in [3.63, 3.8) is 0 Å². The lowest BCUT2D eigenvalue weighted by Crippen LogP contribution is -2.55. The minimum absolute atomic E-state index is 0.250. The summed E-state index contributed by atoms with van der Waals surface area (Å²) in [7, 11) is 0. The number of rotatable bonds is 5. The summed E-state index contributed by atoms with van der Waals surface area (Å²) in [4.78, 5) is 2.78. The van der Waals surface area contributed by atoms with Crippen molar-refractivity contribution in [1.82, 2.24) is 4.90 Å². The van der Waals surface area contributed by atoms with Crippen molar-refractivity contribution in [3.8, 4) is 0 Å². The Kier molecular flexibility index (Phi) is 5.94. The number of hydrogen-bond donors (Lipinski definition) is 0. The Morgan fingerprint density at radius 2 is 1.15 bits per heavy atom. The molecular formula is C25H26IN. The average molecular weight is 467 g/mol. The molecule has 0 bridgehead atoms. The monoisotopic (exact) mass is 467 g/mol. The van der Waals surface area contributed by atoms with Gasteiger partial charge in [-0.25, -0.2) is 0 Å². The van der Waals surface area contributed by atoms with Crippen molar-refractivity contribution in [3.05, 3.63) is 108 Å². The lowest BCUT2D eigenvalue weighted by molar-refractivity contribution is 0.0784. The first-order chi connectivity index (χ1) is 13.4. The van der Waals surface area contributed by atoms with Crippen LogP contribution < -0.4 is 0 Å². The Morgan fingerprint density at radius 1 is 0.704 bits per heavy atom. The number of benzene rings is 3. The van der Waals surface area contributed by atoms with Crippen LogP contribution >= 0.6 is 22.6 Å². The second-order valence-corrected chi connectivity index (χ2v) is 8.19. The zero-order valence-electron chi connectivity index (χ0n) is 15.6. The van der Waals surface area contributed by atoms with Crippen molar-refractivity contribution in [1.29, 1.82) is 0 Å². The van der Waals surface area contributed by atoms with Crippen molar-refractivity contribution in [2.24, 2.45) is 0 Å². The van der Waals surface area contributed by atoms with Crippen molar-refractivity contribution in [2.75, 3.05) is 11.0 Å². The van der Waals surface area contributed by atoms with Gasteiger partial charge in [-0.3, -0.25) is 4.90 Å². The Hall–Kier alpha value is -1.65. The van der Waals surface area contributed by atoms with Crippen LogP contribution in [0.15, 0.2) is 91.0 Å². The van der Waals surface area contributed by atoms with Crippen molar-refractivity contribution >= 4 is 22.6 Å². The normalized spacial score (nSPS) is 18.3. The molecule has 1 heterocycles. The summed E-state index contributed by atoms with van der Waals surface area (Å²) in [6.45, 7) is 1.13. The SMILES string of the molecule is IC[C@H]1CCCCN1C(c1ccccc1)(c1ccccc1)c1ccccc1. The Bertz CT molecular complexity index is 735. The van der Waals surface area contributed by atoms with Crippen LogP contribution in [0.25, 0.3) is 0 Å². The lowest BCUT2D eigenvalue weighted by atomic mass is 9.74. The number of halogens is 1. The fourth-order valence-corrected chi connectivity index (χ4v) is 5.55. The first-order valence-electron chi connectivity index (χ1n) is 9.86. The van der Waals surface area contributed by atoms with Crippen LogP contribution in [-0.2, 0) is 5.54 Å². The number of likely N-dealkylation sites (tertiary alicyclic amines) is 1. The van der Waals surface area contributed by atoms with Crippen molar-refractivity contribution < 1.29 is 0 Å². The van der Waals surface area contributed by atoms with Crippen LogP contribution in [0.5, 0.6) is 0 Å².